The predicted octanol–water partition coefficient (Wildman–Crippen LogP) is 1.76. The number of nitrogens with zero attached hydrogens (tertiary/aromatic N) is 1. The fraction of sp³-hybridized carbons (Fsp3) is 1.00. The summed E-state index contributed by atoms with van der Waals surface area (Å²) in [5, 5.41) is 0. The molecule has 0 aromatic rings. The SMILES string of the molecule is CCC1CC(CN)(N(CC)C2CC2)CCO1. The highest BCUT2D eigenvalue weighted by molar-refractivity contribution is 5.01. The van der Waals surface area contributed by atoms with E-state index in [4.69, 9.17) is 10.5 Å². The Morgan fingerprint density at radius 1 is 1.38 bits per heavy atom. The summed E-state index contributed by atoms with van der Waals surface area (Å²) in [6, 6.07) is 0.809. The molecular formula is C13H26N2O. The van der Waals surface area contributed by atoms with E-state index in [1.165, 1.54) is 12.8 Å². The largest absolute Gasteiger partial charge is 0.378 e. The average Bonchev–Trinajstić information content (AvgIpc) is 3.14. The number of hydrogen-bond acceptors (Lipinski definition) is 3. The zero-order valence-electron chi connectivity index (χ0n) is 10.7. The normalized spacial score (nSPS) is 35.6. The maximum absolute atomic E-state index is 6.10. The van der Waals surface area contributed by atoms with Crippen molar-refractivity contribution in [3.8, 4) is 0 Å². The lowest BCUT2D eigenvalue weighted by Crippen LogP contribution is -2.59. The fourth-order valence-electron chi connectivity index (χ4n) is 3.19. The molecule has 3 nitrogen and oxygen atoms in total. The van der Waals surface area contributed by atoms with Crippen molar-refractivity contribution in [2.24, 2.45) is 5.73 Å². The molecular weight excluding hydrogens is 200 g/mol. The van der Waals surface area contributed by atoms with Gasteiger partial charge in [0.2, 0.25) is 0 Å². The Bertz CT molecular complexity index is 230. The number of rotatable bonds is 5. The molecule has 0 bridgehead atoms. The van der Waals surface area contributed by atoms with Crippen LogP contribution in [0, 0.1) is 0 Å². The number of nitrogens with two attached hydrogens (primary N) is 1. The standard InChI is InChI=1S/C13H26N2O/c1-3-12-9-13(10-14,7-8-16-12)15(4-2)11-5-6-11/h11-12H,3-10,14H2,1-2H3. The number of likely N-dealkylation sites (N-methyl/N-ethyl adjacent to an activating group) is 1. The Hall–Kier alpha value is -0.120. The topological polar surface area (TPSA) is 38.5 Å². The highest BCUT2D eigenvalue weighted by Gasteiger charge is 2.45. The number of ether oxygens (including phenoxy) is 1. The van der Waals surface area contributed by atoms with Crippen molar-refractivity contribution in [3.63, 3.8) is 0 Å². The molecule has 1 aliphatic carbocycles. The van der Waals surface area contributed by atoms with Crippen molar-refractivity contribution >= 4 is 0 Å². The van der Waals surface area contributed by atoms with Gasteiger partial charge in [-0.1, -0.05) is 13.8 Å². The second kappa shape index (κ2) is 5.03. The van der Waals surface area contributed by atoms with Gasteiger partial charge in [0.1, 0.15) is 0 Å². The maximum atomic E-state index is 6.10. The van der Waals surface area contributed by atoms with Crippen molar-refractivity contribution < 1.29 is 4.74 Å². The molecule has 94 valence electrons. The lowest BCUT2D eigenvalue weighted by atomic mass is 9.83. The van der Waals surface area contributed by atoms with E-state index in [0.717, 1.165) is 45.0 Å². The first-order valence-corrected chi connectivity index (χ1v) is 6.84. The summed E-state index contributed by atoms with van der Waals surface area (Å²) in [7, 11) is 0. The third kappa shape index (κ3) is 2.27. The van der Waals surface area contributed by atoms with Crippen LogP contribution in [0.2, 0.25) is 0 Å². The zero-order chi connectivity index (χ0) is 11.6. The van der Waals surface area contributed by atoms with Crippen LogP contribution >= 0.6 is 0 Å². The van der Waals surface area contributed by atoms with Crippen LogP contribution in [0.15, 0.2) is 0 Å². The van der Waals surface area contributed by atoms with Crippen LogP contribution in [-0.2, 0) is 4.74 Å². The zero-order valence-corrected chi connectivity index (χ0v) is 10.7. The second-order valence-electron chi connectivity index (χ2n) is 5.30. The van der Waals surface area contributed by atoms with Crippen LogP contribution in [0.25, 0.3) is 0 Å². The number of hydrogen-bond donors (Lipinski definition) is 1. The van der Waals surface area contributed by atoms with E-state index in [2.05, 4.69) is 18.7 Å². The van der Waals surface area contributed by atoms with Crippen molar-refractivity contribution in [3.05, 3.63) is 0 Å². The Labute approximate surface area is 99.3 Å². The molecule has 0 amide bonds. The molecule has 0 radical (unpaired) electrons. The summed E-state index contributed by atoms with van der Waals surface area (Å²) in [6.07, 6.45) is 6.52. The first-order chi connectivity index (χ1) is 7.75. The van der Waals surface area contributed by atoms with Gasteiger partial charge in [-0.3, -0.25) is 4.90 Å². The first-order valence-electron chi connectivity index (χ1n) is 6.84. The first kappa shape index (κ1) is 12.3. The monoisotopic (exact) mass is 226 g/mol. The van der Waals surface area contributed by atoms with E-state index in [1.54, 1.807) is 0 Å². The molecule has 2 rings (SSSR count). The Morgan fingerprint density at radius 3 is 2.62 bits per heavy atom. The average molecular weight is 226 g/mol. The van der Waals surface area contributed by atoms with Crippen LogP contribution in [0.3, 0.4) is 0 Å². The third-order valence-corrected chi connectivity index (χ3v) is 4.30. The minimum atomic E-state index is 0.231. The van der Waals surface area contributed by atoms with Gasteiger partial charge in [0.15, 0.2) is 0 Å². The molecule has 0 aromatic carbocycles. The highest BCUT2D eigenvalue weighted by atomic mass is 16.5. The Kier molecular flexibility index (Phi) is 3.88. The molecule has 2 aliphatic rings. The van der Waals surface area contributed by atoms with Crippen molar-refractivity contribution in [1.29, 1.82) is 0 Å². The molecule has 0 spiro atoms. The fourth-order valence-corrected chi connectivity index (χ4v) is 3.19. The van der Waals surface area contributed by atoms with Crippen LogP contribution in [0.1, 0.15) is 46.0 Å². The summed E-state index contributed by atoms with van der Waals surface area (Å²) >= 11 is 0. The smallest absolute Gasteiger partial charge is 0.0590 e. The van der Waals surface area contributed by atoms with Crippen LogP contribution < -0.4 is 5.73 Å². The van der Waals surface area contributed by atoms with E-state index in [0.29, 0.717) is 6.10 Å². The summed E-state index contributed by atoms with van der Waals surface area (Å²) in [5.41, 5.74) is 6.33. The molecule has 1 heterocycles. The van der Waals surface area contributed by atoms with Gasteiger partial charge >= 0.3 is 0 Å². The van der Waals surface area contributed by atoms with Gasteiger partial charge in [0.25, 0.3) is 0 Å². The van der Waals surface area contributed by atoms with E-state index >= 15 is 0 Å². The quantitative estimate of drug-likeness (QED) is 0.776. The Balaban J connectivity index is 2.09. The lowest BCUT2D eigenvalue weighted by molar-refractivity contribution is -0.0734. The van der Waals surface area contributed by atoms with Gasteiger partial charge in [-0.05, 0) is 38.6 Å². The second-order valence-corrected chi connectivity index (χ2v) is 5.30. The Morgan fingerprint density at radius 2 is 2.12 bits per heavy atom. The van der Waals surface area contributed by atoms with Gasteiger partial charge in [-0.25, -0.2) is 0 Å². The highest BCUT2D eigenvalue weighted by Crippen LogP contribution is 2.39. The van der Waals surface area contributed by atoms with Crippen LogP contribution in [0.4, 0.5) is 0 Å². The van der Waals surface area contributed by atoms with Gasteiger partial charge in [0.05, 0.1) is 6.10 Å². The predicted molar refractivity (Wildman–Crippen MR) is 66.5 cm³/mol. The molecule has 0 aromatic heterocycles. The van der Waals surface area contributed by atoms with Crippen LogP contribution in [-0.4, -0.2) is 42.3 Å². The van der Waals surface area contributed by atoms with Gasteiger partial charge in [-0.2, -0.15) is 0 Å². The third-order valence-electron chi connectivity index (χ3n) is 4.30. The van der Waals surface area contributed by atoms with Crippen molar-refractivity contribution in [1.82, 2.24) is 4.90 Å². The summed E-state index contributed by atoms with van der Waals surface area (Å²) in [6.45, 7) is 7.30. The molecule has 1 saturated carbocycles. The molecule has 2 fully saturated rings. The van der Waals surface area contributed by atoms with E-state index in [1.807, 2.05) is 0 Å². The summed E-state index contributed by atoms with van der Waals surface area (Å²) in [4.78, 5) is 2.66. The summed E-state index contributed by atoms with van der Waals surface area (Å²) in [5.74, 6) is 0. The molecule has 3 heteroatoms. The van der Waals surface area contributed by atoms with Crippen LogP contribution in [0.5, 0.6) is 0 Å². The van der Waals surface area contributed by atoms with E-state index < -0.39 is 0 Å². The van der Waals surface area contributed by atoms with Crippen molar-refractivity contribution in [2.75, 3.05) is 19.7 Å². The van der Waals surface area contributed by atoms with E-state index in [9.17, 15) is 0 Å². The molecule has 1 saturated heterocycles. The molecule has 1 aliphatic heterocycles. The maximum Gasteiger partial charge on any atom is 0.0590 e. The van der Waals surface area contributed by atoms with Crippen molar-refractivity contribution in [2.45, 2.75) is 63.6 Å². The molecule has 2 N–H and O–H groups in total. The van der Waals surface area contributed by atoms with Gasteiger partial charge in [-0.15, -0.1) is 0 Å². The summed E-state index contributed by atoms with van der Waals surface area (Å²) < 4.78 is 5.80. The molecule has 2 unspecified atom stereocenters. The molecule has 2 atom stereocenters. The molecule has 16 heavy (non-hydrogen) atoms. The minimum absolute atomic E-state index is 0.231. The van der Waals surface area contributed by atoms with Gasteiger partial charge < -0.3 is 10.5 Å². The van der Waals surface area contributed by atoms with Gasteiger partial charge in [0, 0.05) is 24.7 Å². The minimum Gasteiger partial charge on any atom is -0.378 e. The lowest BCUT2D eigenvalue weighted by Gasteiger charge is -2.48. The van der Waals surface area contributed by atoms with E-state index in [-0.39, 0.29) is 5.54 Å².